The molecule has 3 atom stereocenters. The molecule has 2 heterocycles. The highest BCUT2D eigenvalue weighted by molar-refractivity contribution is 5.79. The molecule has 2 aliphatic rings. The Morgan fingerprint density at radius 2 is 1.74 bits per heavy atom. The molecule has 0 radical (unpaired) electrons. The lowest BCUT2D eigenvalue weighted by Gasteiger charge is -2.30. The largest absolute Gasteiger partial charge is 0.493 e. The van der Waals surface area contributed by atoms with E-state index in [2.05, 4.69) is 28.1 Å². The van der Waals surface area contributed by atoms with Gasteiger partial charge in [0.1, 0.15) is 6.61 Å². The standard InChI is InChI=1S/C33H47N3O7/c1-6-7-16-34(17-10-11-18-36(2,3)4)31(37)21-35-20-25(24-14-15-29-30(19-24)43-23-42-29)32(33(38)39)26(35)22-41-28-13-9-8-12-27(28)40-5/h8-9,12-15,19,25-26,32H,6-7,10-11,16-18,20-23H2,1-5H3/p+1. The number of hydrogen-bond acceptors (Lipinski definition) is 7. The number of benzene rings is 2. The van der Waals surface area contributed by atoms with Gasteiger partial charge >= 0.3 is 5.97 Å². The summed E-state index contributed by atoms with van der Waals surface area (Å²) < 4.78 is 23.6. The number of hydrogen-bond donors (Lipinski definition) is 1. The number of nitrogens with zero attached hydrogens (tertiary/aromatic N) is 3. The topological polar surface area (TPSA) is 97.8 Å². The molecule has 43 heavy (non-hydrogen) atoms. The molecular weight excluding hydrogens is 550 g/mol. The molecule has 2 aromatic carbocycles. The lowest BCUT2D eigenvalue weighted by atomic mass is 9.85. The molecule has 1 fully saturated rings. The molecule has 0 aromatic heterocycles. The van der Waals surface area contributed by atoms with Crippen molar-refractivity contribution in [2.45, 2.75) is 44.6 Å². The first kappa shape index (κ1) is 32.4. The number of carboxylic acid groups (broad SMARTS) is 1. The van der Waals surface area contributed by atoms with Crippen LogP contribution in [0.1, 0.15) is 44.1 Å². The lowest BCUT2D eigenvalue weighted by molar-refractivity contribution is -0.870. The predicted molar refractivity (Wildman–Crippen MR) is 164 cm³/mol. The van der Waals surface area contributed by atoms with Crippen LogP contribution in [0.25, 0.3) is 0 Å². The summed E-state index contributed by atoms with van der Waals surface area (Å²) in [5, 5.41) is 10.5. The van der Waals surface area contributed by atoms with Crippen molar-refractivity contribution >= 4 is 11.9 Å². The fraction of sp³-hybridized carbons (Fsp3) is 0.576. The summed E-state index contributed by atoms with van der Waals surface area (Å²) in [5.74, 6) is 0.309. The third-order valence-corrected chi connectivity index (χ3v) is 8.32. The summed E-state index contributed by atoms with van der Waals surface area (Å²) in [5.41, 5.74) is 0.844. The van der Waals surface area contributed by atoms with Gasteiger partial charge in [-0.25, -0.2) is 0 Å². The molecule has 1 amide bonds. The van der Waals surface area contributed by atoms with Crippen LogP contribution in [-0.2, 0) is 9.59 Å². The van der Waals surface area contributed by atoms with Gasteiger partial charge in [-0.15, -0.1) is 0 Å². The van der Waals surface area contributed by atoms with Gasteiger partial charge in [-0.05, 0) is 49.1 Å². The van der Waals surface area contributed by atoms with Crippen LogP contribution < -0.4 is 18.9 Å². The summed E-state index contributed by atoms with van der Waals surface area (Å²) in [7, 11) is 8.10. The molecule has 0 spiro atoms. The van der Waals surface area contributed by atoms with Gasteiger partial charge in [0, 0.05) is 25.6 Å². The molecule has 2 aromatic rings. The second-order valence-corrected chi connectivity index (χ2v) is 12.5. The fourth-order valence-electron chi connectivity index (χ4n) is 5.97. The number of para-hydroxylation sites is 2. The summed E-state index contributed by atoms with van der Waals surface area (Å²) in [6.45, 7) is 5.34. The average Bonchev–Trinajstić information content (AvgIpc) is 3.59. The Bertz CT molecular complexity index is 1230. The minimum Gasteiger partial charge on any atom is -0.493 e. The fourth-order valence-corrected chi connectivity index (χ4v) is 5.97. The third kappa shape index (κ3) is 8.54. The van der Waals surface area contributed by atoms with Crippen molar-refractivity contribution in [1.29, 1.82) is 0 Å². The smallest absolute Gasteiger partial charge is 0.308 e. The second kappa shape index (κ2) is 14.8. The van der Waals surface area contributed by atoms with Gasteiger partial charge in [-0.2, -0.15) is 0 Å². The van der Waals surface area contributed by atoms with E-state index in [0.717, 1.165) is 42.3 Å². The van der Waals surface area contributed by atoms with E-state index in [1.807, 2.05) is 40.1 Å². The van der Waals surface area contributed by atoms with Crippen LogP contribution >= 0.6 is 0 Å². The molecule has 236 valence electrons. The zero-order valence-corrected chi connectivity index (χ0v) is 26.3. The van der Waals surface area contributed by atoms with Crippen molar-refractivity contribution in [1.82, 2.24) is 9.80 Å². The number of unbranched alkanes of at least 4 members (excludes halogenated alkanes) is 2. The lowest BCUT2D eigenvalue weighted by Crippen LogP contribution is -2.47. The summed E-state index contributed by atoms with van der Waals surface area (Å²) in [6.07, 6.45) is 3.89. The van der Waals surface area contributed by atoms with Gasteiger partial charge in [0.15, 0.2) is 23.0 Å². The molecule has 2 aliphatic heterocycles. The van der Waals surface area contributed by atoms with Gasteiger partial charge < -0.3 is 33.4 Å². The van der Waals surface area contributed by atoms with E-state index in [1.54, 1.807) is 19.2 Å². The molecule has 0 aliphatic carbocycles. The van der Waals surface area contributed by atoms with Crippen LogP contribution in [0.4, 0.5) is 0 Å². The number of aliphatic carboxylic acids is 1. The highest BCUT2D eigenvalue weighted by atomic mass is 16.7. The maximum absolute atomic E-state index is 13.8. The molecule has 1 saturated heterocycles. The Hall–Kier alpha value is -3.50. The Morgan fingerprint density at radius 3 is 2.44 bits per heavy atom. The van der Waals surface area contributed by atoms with Gasteiger partial charge in [-0.1, -0.05) is 31.5 Å². The number of likely N-dealkylation sites (tertiary alicyclic amines) is 1. The number of methoxy groups -OCH3 is 1. The van der Waals surface area contributed by atoms with E-state index in [0.29, 0.717) is 42.6 Å². The van der Waals surface area contributed by atoms with Gasteiger partial charge in [0.2, 0.25) is 12.7 Å². The molecule has 10 heteroatoms. The van der Waals surface area contributed by atoms with E-state index in [9.17, 15) is 14.7 Å². The van der Waals surface area contributed by atoms with Gasteiger partial charge in [0.05, 0.1) is 53.3 Å². The Morgan fingerprint density at radius 1 is 1.02 bits per heavy atom. The summed E-state index contributed by atoms with van der Waals surface area (Å²) >= 11 is 0. The van der Waals surface area contributed by atoms with Crippen LogP contribution in [0.2, 0.25) is 0 Å². The monoisotopic (exact) mass is 598 g/mol. The number of rotatable bonds is 16. The third-order valence-electron chi connectivity index (χ3n) is 8.32. The molecular formula is C33H48N3O7+. The van der Waals surface area contributed by atoms with Gasteiger partial charge in [0.25, 0.3) is 0 Å². The SMILES string of the molecule is CCCCN(CCCC[N+](C)(C)C)C(=O)CN1CC(c2ccc3c(c2)OCO3)C(C(=O)O)C1COc1ccccc1OC. The zero-order chi connectivity index (χ0) is 31.0. The van der Waals surface area contributed by atoms with Crippen molar-refractivity contribution in [3.63, 3.8) is 0 Å². The normalized spacial score (nSPS) is 19.8. The van der Waals surface area contributed by atoms with Crippen molar-refractivity contribution in [2.24, 2.45) is 5.92 Å². The quantitative estimate of drug-likeness (QED) is 0.228. The Balaban J connectivity index is 1.56. The van der Waals surface area contributed by atoms with E-state index in [1.165, 1.54) is 0 Å². The van der Waals surface area contributed by atoms with Crippen LogP contribution in [0.3, 0.4) is 0 Å². The molecule has 1 N–H and O–H groups in total. The minimum absolute atomic E-state index is 0.0245. The minimum atomic E-state index is -0.922. The first-order valence-electron chi connectivity index (χ1n) is 15.3. The zero-order valence-electron chi connectivity index (χ0n) is 26.3. The van der Waals surface area contributed by atoms with Crippen LogP contribution in [0.15, 0.2) is 42.5 Å². The number of ether oxygens (including phenoxy) is 4. The van der Waals surface area contributed by atoms with E-state index >= 15 is 0 Å². The molecule has 0 saturated carbocycles. The summed E-state index contributed by atoms with van der Waals surface area (Å²) in [6, 6.07) is 12.4. The molecule has 10 nitrogen and oxygen atoms in total. The Labute approximate surface area is 255 Å². The van der Waals surface area contributed by atoms with Crippen LogP contribution in [0, 0.1) is 5.92 Å². The van der Waals surface area contributed by atoms with E-state index < -0.39 is 17.9 Å². The van der Waals surface area contributed by atoms with E-state index in [-0.39, 0.29) is 31.8 Å². The Kier molecular flexibility index (Phi) is 11.2. The van der Waals surface area contributed by atoms with Crippen molar-refractivity contribution < 1.29 is 38.1 Å². The van der Waals surface area contributed by atoms with Crippen molar-refractivity contribution in [3.05, 3.63) is 48.0 Å². The van der Waals surface area contributed by atoms with Crippen LogP contribution in [0.5, 0.6) is 23.0 Å². The molecule has 3 unspecified atom stereocenters. The predicted octanol–water partition coefficient (Wildman–Crippen LogP) is 4.09. The number of quaternary nitrogens is 1. The highest BCUT2D eigenvalue weighted by Gasteiger charge is 2.48. The van der Waals surface area contributed by atoms with E-state index in [4.69, 9.17) is 18.9 Å². The second-order valence-electron chi connectivity index (χ2n) is 12.5. The summed E-state index contributed by atoms with van der Waals surface area (Å²) in [4.78, 5) is 30.6. The maximum Gasteiger partial charge on any atom is 0.308 e. The number of carboxylic acids is 1. The van der Waals surface area contributed by atoms with Crippen molar-refractivity contribution in [2.75, 3.05) is 74.4 Å². The first-order valence-corrected chi connectivity index (χ1v) is 15.3. The number of carbonyl (C=O) groups excluding carboxylic acids is 1. The molecule has 4 rings (SSSR count). The first-order chi connectivity index (χ1) is 20.6. The number of carbonyl (C=O) groups is 2. The number of amides is 1. The molecule has 0 bridgehead atoms. The maximum atomic E-state index is 13.8. The van der Waals surface area contributed by atoms with Crippen LogP contribution in [-0.4, -0.2) is 112 Å². The highest BCUT2D eigenvalue weighted by Crippen LogP contribution is 2.42. The van der Waals surface area contributed by atoms with Gasteiger partial charge in [-0.3, -0.25) is 14.5 Å². The van der Waals surface area contributed by atoms with Crippen molar-refractivity contribution in [3.8, 4) is 23.0 Å². The number of fused-ring (bicyclic) bond motifs is 1. The average molecular weight is 599 g/mol.